The van der Waals surface area contributed by atoms with Crippen LogP contribution in [0.15, 0.2) is 24.3 Å². The molecule has 31 heavy (non-hydrogen) atoms. The molecule has 0 bridgehead atoms. The van der Waals surface area contributed by atoms with Crippen LogP contribution in [0.5, 0.6) is 5.75 Å². The highest BCUT2D eigenvalue weighted by atomic mass is 19.3. The Morgan fingerprint density at radius 3 is 2.32 bits per heavy atom. The number of hydrogen-bond acceptors (Lipinski definition) is 4. The first kappa shape index (κ1) is 24.9. The lowest BCUT2D eigenvalue weighted by atomic mass is 10.0. The van der Waals surface area contributed by atoms with Gasteiger partial charge in [-0.25, -0.2) is 13.2 Å². The van der Waals surface area contributed by atoms with E-state index in [1.54, 1.807) is 0 Å². The molecule has 10 heteroatoms. The van der Waals surface area contributed by atoms with Crippen molar-refractivity contribution in [2.75, 3.05) is 6.54 Å². The van der Waals surface area contributed by atoms with Gasteiger partial charge in [-0.2, -0.15) is 14.0 Å². The van der Waals surface area contributed by atoms with Crippen LogP contribution in [0.3, 0.4) is 0 Å². The molecule has 0 spiro atoms. The molecule has 1 amide bonds. The zero-order chi connectivity index (χ0) is 23.1. The summed E-state index contributed by atoms with van der Waals surface area (Å²) in [7, 11) is 0. The number of ether oxygens (including phenoxy) is 1. The Bertz CT molecular complexity index is 759. The Hall–Kier alpha value is -2.41. The number of amides is 1. The summed E-state index contributed by atoms with van der Waals surface area (Å²) in [5, 5.41) is 13.1. The van der Waals surface area contributed by atoms with Crippen LogP contribution in [0.1, 0.15) is 45.4 Å². The summed E-state index contributed by atoms with van der Waals surface area (Å²) in [5.74, 6) is -3.53. The van der Waals surface area contributed by atoms with Crippen LogP contribution in [-0.2, 0) is 4.79 Å². The van der Waals surface area contributed by atoms with E-state index in [2.05, 4.69) is 15.4 Å². The van der Waals surface area contributed by atoms with Crippen molar-refractivity contribution in [2.45, 2.75) is 69.1 Å². The lowest BCUT2D eigenvalue weighted by Crippen LogP contribution is -2.43. The van der Waals surface area contributed by atoms with E-state index < -0.39 is 42.4 Å². The van der Waals surface area contributed by atoms with Gasteiger partial charge < -0.3 is 15.4 Å². The number of alkyl halides is 4. The Kier molecular flexibility index (Phi) is 8.23. The summed E-state index contributed by atoms with van der Waals surface area (Å²) in [5.41, 5.74) is -0.470. The average molecular weight is 447 g/mol. The minimum Gasteiger partial charge on any atom is -0.432 e. The Morgan fingerprint density at radius 1 is 1.26 bits per heavy atom. The van der Waals surface area contributed by atoms with Gasteiger partial charge in [0.1, 0.15) is 23.7 Å². The number of carbonyl (C=O) groups excluding carboxylic acids is 1. The first-order chi connectivity index (χ1) is 14.5. The Labute approximate surface area is 177 Å². The van der Waals surface area contributed by atoms with Crippen molar-refractivity contribution < 1.29 is 31.5 Å². The molecule has 5 nitrogen and oxygen atoms in total. The molecule has 0 heterocycles. The SMILES string of the molecule is C[C@H](CC(F)(F)CC1CC1)NCC(F)(F)Oc1ccc(F)cc1.N#CC1(NC=O)CC1. The second kappa shape index (κ2) is 10.3. The minimum atomic E-state index is -3.57. The first-order valence-electron chi connectivity index (χ1n) is 10.0. The summed E-state index contributed by atoms with van der Waals surface area (Å²) in [6, 6.07) is 5.40. The molecular weight excluding hydrogens is 421 g/mol. The van der Waals surface area contributed by atoms with Crippen LogP contribution in [-0.4, -0.2) is 36.6 Å². The predicted octanol–water partition coefficient (Wildman–Crippen LogP) is 4.39. The standard InChI is InChI=1S/C16H20F5NO.C5H6N2O/c1-11(8-15(18,19)9-12-2-3-12)22-10-16(20,21)23-14-6-4-13(17)5-7-14;6-3-5(1-2-5)7-4-8/h4-7,11-12,22H,2-3,8-10H2,1H3;4H,1-2H2,(H,7,8)/t11-;/m1./s1. The molecule has 2 aliphatic carbocycles. The van der Waals surface area contributed by atoms with Gasteiger partial charge in [-0.3, -0.25) is 4.79 Å². The number of nitrogens with zero attached hydrogens (tertiary/aromatic N) is 1. The quantitative estimate of drug-likeness (QED) is 0.390. The van der Waals surface area contributed by atoms with Crippen LogP contribution >= 0.6 is 0 Å². The van der Waals surface area contributed by atoms with Crippen molar-refractivity contribution >= 4 is 6.41 Å². The van der Waals surface area contributed by atoms with Crippen LogP contribution < -0.4 is 15.4 Å². The second-order valence-corrected chi connectivity index (χ2v) is 8.14. The lowest BCUT2D eigenvalue weighted by molar-refractivity contribution is -0.173. The predicted molar refractivity (Wildman–Crippen MR) is 103 cm³/mol. The number of hydrogen-bond donors (Lipinski definition) is 2. The molecule has 0 unspecified atom stereocenters. The molecule has 1 aromatic rings. The molecule has 2 N–H and O–H groups in total. The van der Waals surface area contributed by atoms with Gasteiger partial charge in [0.15, 0.2) is 0 Å². The first-order valence-corrected chi connectivity index (χ1v) is 10.0. The molecule has 2 saturated carbocycles. The normalized spacial score (nSPS) is 18.1. The van der Waals surface area contributed by atoms with E-state index in [0.29, 0.717) is 6.41 Å². The van der Waals surface area contributed by atoms with Crippen molar-refractivity contribution in [3.8, 4) is 11.8 Å². The molecule has 2 aliphatic rings. The van der Waals surface area contributed by atoms with Crippen LogP contribution in [0, 0.1) is 23.1 Å². The van der Waals surface area contributed by atoms with Gasteiger partial charge in [-0.05, 0) is 62.8 Å². The number of benzene rings is 1. The van der Waals surface area contributed by atoms with E-state index in [0.717, 1.165) is 49.9 Å². The lowest BCUT2D eigenvalue weighted by Gasteiger charge is -2.24. The number of nitrogens with one attached hydrogen (secondary N) is 2. The van der Waals surface area contributed by atoms with Gasteiger partial charge in [0, 0.05) is 18.9 Å². The average Bonchev–Trinajstić information content (AvgIpc) is 3.60. The summed E-state index contributed by atoms with van der Waals surface area (Å²) < 4.78 is 71.8. The Balaban J connectivity index is 0.000000357. The molecule has 3 rings (SSSR count). The van der Waals surface area contributed by atoms with E-state index in [1.807, 2.05) is 6.07 Å². The second-order valence-electron chi connectivity index (χ2n) is 8.14. The molecule has 0 radical (unpaired) electrons. The largest absolute Gasteiger partial charge is 0.432 e. The monoisotopic (exact) mass is 447 g/mol. The number of halogens is 5. The highest BCUT2D eigenvalue weighted by molar-refractivity contribution is 5.51. The number of rotatable bonds is 11. The highest BCUT2D eigenvalue weighted by Gasteiger charge is 2.42. The van der Waals surface area contributed by atoms with Crippen molar-refractivity contribution in [1.29, 1.82) is 5.26 Å². The van der Waals surface area contributed by atoms with Gasteiger partial charge in [-0.15, -0.1) is 0 Å². The smallest absolute Gasteiger partial charge is 0.410 e. The summed E-state index contributed by atoms with van der Waals surface area (Å²) >= 11 is 0. The third-order valence-electron chi connectivity index (χ3n) is 4.93. The van der Waals surface area contributed by atoms with Crippen LogP contribution in [0.2, 0.25) is 0 Å². The highest BCUT2D eigenvalue weighted by Crippen LogP contribution is 2.40. The molecule has 1 aromatic carbocycles. The van der Waals surface area contributed by atoms with Gasteiger partial charge in [0.05, 0.1) is 6.07 Å². The molecule has 1 atom stereocenters. The van der Waals surface area contributed by atoms with E-state index in [4.69, 9.17) is 5.26 Å². The van der Waals surface area contributed by atoms with E-state index in [-0.39, 0.29) is 18.1 Å². The molecule has 2 fully saturated rings. The molecule has 0 aliphatic heterocycles. The van der Waals surface area contributed by atoms with Gasteiger partial charge in [0.2, 0.25) is 12.3 Å². The zero-order valence-electron chi connectivity index (χ0n) is 17.1. The topological polar surface area (TPSA) is 74.2 Å². The molecule has 172 valence electrons. The summed E-state index contributed by atoms with van der Waals surface area (Å²) in [4.78, 5) is 9.76. The van der Waals surface area contributed by atoms with Crippen molar-refractivity contribution in [2.24, 2.45) is 5.92 Å². The van der Waals surface area contributed by atoms with Gasteiger partial charge in [-0.1, -0.05) is 0 Å². The van der Waals surface area contributed by atoms with E-state index >= 15 is 0 Å². The van der Waals surface area contributed by atoms with E-state index in [1.165, 1.54) is 6.92 Å². The number of carbonyl (C=O) groups is 1. The van der Waals surface area contributed by atoms with E-state index in [9.17, 15) is 26.7 Å². The fourth-order valence-electron chi connectivity index (χ4n) is 2.88. The minimum absolute atomic E-state index is 0.0699. The fraction of sp³-hybridized carbons (Fsp3) is 0.619. The summed E-state index contributed by atoms with van der Waals surface area (Å²) in [6.07, 6.45) is -0.405. The van der Waals surface area contributed by atoms with Crippen molar-refractivity contribution in [3.05, 3.63) is 30.1 Å². The molecule has 0 saturated heterocycles. The third-order valence-corrected chi connectivity index (χ3v) is 4.93. The van der Waals surface area contributed by atoms with Crippen LogP contribution in [0.4, 0.5) is 22.0 Å². The third kappa shape index (κ3) is 9.51. The molecular formula is C21H26F5N3O2. The number of nitriles is 1. The maximum Gasteiger partial charge on any atom is 0.410 e. The van der Waals surface area contributed by atoms with Gasteiger partial charge in [0.25, 0.3) is 0 Å². The molecule has 0 aromatic heterocycles. The van der Waals surface area contributed by atoms with Crippen LogP contribution in [0.25, 0.3) is 0 Å². The summed E-state index contributed by atoms with van der Waals surface area (Å²) in [6.45, 7) is 0.542. The maximum absolute atomic E-state index is 13.7. The maximum atomic E-state index is 13.7. The Morgan fingerprint density at radius 2 is 1.87 bits per heavy atom. The van der Waals surface area contributed by atoms with Crippen molar-refractivity contribution in [1.82, 2.24) is 10.6 Å². The zero-order valence-corrected chi connectivity index (χ0v) is 17.1. The fourth-order valence-corrected chi connectivity index (χ4v) is 2.88. The van der Waals surface area contributed by atoms with Crippen molar-refractivity contribution in [3.63, 3.8) is 0 Å². The van der Waals surface area contributed by atoms with Gasteiger partial charge >= 0.3 is 6.11 Å².